The Labute approximate surface area is 105 Å². The molecule has 0 bridgehead atoms. The molecule has 0 saturated carbocycles. The molecular formula is C13H27N3O. The SMILES string of the molecule is CCC1CCCCCN1CCCCC(=O)NN. The van der Waals surface area contributed by atoms with Crippen LogP contribution in [0.4, 0.5) is 0 Å². The predicted octanol–water partition coefficient (Wildman–Crippen LogP) is 1.80. The van der Waals surface area contributed by atoms with E-state index < -0.39 is 0 Å². The zero-order chi connectivity index (χ0) is 12.5. The summed E-state index contributed by atoms with van der Waals surface area (Å²) in [6, 6.07) is 0.765. The largest absolute Gasteiger partial charge is 0.300 e. The molecule has 3 N–H and O–H groups in total. The highest BCUT2D eigenvalue weighted by atomic mass is 16.2. The number of nitrogens with zero attached hydrogens (tertiary/aromatic N) is 1. The highest BCUT2D eigenvalue weighted by Gasteiger charge is 2.18. The van der Waals surface area contributed by atoms with E-state index in [0.29, 0.717) is 6.42 Å². The summed E-state index contributed by atoms with van der Waals surface area (Å²) < 4.78 is 0. The minimum absolute atomic E-state index is 0.0482. The summed E-state index contributed by atoms with van der Waals surface area (Å²) in [4.78, 5) is 13.6. The molecule has 0 radical (unpaired) electrons. The lowest BCUT2D eigenvalue weighted by Gasteiger charge is -2.29. The van der Waals surface area contributed by atoms with E-state index in [0.717, 1.165) is 25.4 Å². The van der Waals surface area contributed by atoms with Crippen molar-refractivity contribution in [3.63, 3.8) is 0 Å². The molecule has 1 aliphatic heterocycles. The molecule has 17 heavy (non-hydrogen) atoms. The van der Waals surface area contributed by atoms with Crippen LogP contribution in [0.5, 0.6) is 0 Å². The Balaban J connectivity index is 2.20. The smallest absolute Gasteiger partial charge is 0.233 e. The van der Waals surface area contributed by atoms with Crippen LogP contribution in [0.25, 0.3) is 0 Å². The first kappa shape index (κ1) is 14.5. The van der Waals surface area contributed by atoms with Crippen molar-refractivity contribution in [2.24, 2.45) is 5.84 Å². The Morgan fingerprint density at radius 2 is 2.18 bits per heavy atom. The monoisotopic (exact) mass is 241 g/mol. The second-order valence-electron chi connectivity index (χ2n) is 4.97. The van der Waals surface area contributed by atoms with Gasteiger partial charge in [-0.3, -0.25) is 10.2 Å². The van der Waals surface area contributed by atoms with Gasteiger partial charge in [-0.05, 0) is 45.2 Å². The van der Waals surface area contributed by atoms with E-state index in [1.165, 1.54) is 38.6 Å². The third-order valence-corrected chi connectivity index (χ3v) is 3.73. The van der Waals surface area contributed by atoms with E-state index in [1.54, 1.807) is 0 Å². The van der Waals surface area contributed by atoms with Crippen LogP contribution in [0.1, 0.15) is 58.3 Å². The van der Waals surface area contributed by atoms with Gasteiger partial charge in [0.05, 0.1) is 0 Å². The van der Waals surface area contributed by atoms with Gasteiger partial charge in [0.15, 0.2) is 0 Å². The van der Waals surface area contributed by atoms with Gasteiger partial charge in [0.2, 0.25) is 5.91 Å². The van der Waals surface area contributed by atoms with Gasteiger partial charge >= 0.3 is 0 Å². The Kier molecular flexibility index (Phi) is 7.21. The predicted molar refractivity (Wildman–Crippen MR) is 70.3 cm³/mol. The van der Waals surface area contributed by atoms with Crippen LogP contribution >= 0.6 is 0 Å². The van der Waals surface area contributed by atoms with Crippen LogP contribution in [-0.2, 0) is 4.79 Å². The van der Waals surface area contributed by atoms with Crippen LogP contribution in [0.15, 0.2) is 0 Å². The zero-order valence-electron chi connectivity index (χ0n) is 11.1. The van der Waals surface area contributed by atoms with Gasteiger partial charge in [0, 0.05) is 12.5 Å². The average molecular weight is 241 g/mol. The van der Waals surface area contributed by atoms with Crippen LogP contribution in [0.3, 0.4) is 0 Å². The first-order chi connectivity index (χ1) is 8.27. The highest BCUT2D eigenvalue weighted by Crippen LogP contribution is 2.19. The first-order valence-electron chi connectivity index (χ1n) is 7.01. The Morgan fingerprint density at radius 3 is 2.88 bits per heavy atom. The molecule has 1 rings (SSSR count). The van der Waals surface area contributed by atoms with E-state index in [-0.39, 0.29) is 5.91 Å². The number of nitrogens with one attached hydrogen (secondary N) is 1. The average Bonchev–Trinajstić information content (AvgIpc) is 2.59. The number of carbonyl (C=O) groups excluding carboxylic acids is 1. The van der Waals surface area contributed by atoms with Crippen molar-refractivity contribution < 1.29 is 4.79 Å². The Hall–Kier alpha value is -0.610. The van der Waals surface area contributed by atoms with Crippen molar-refractivity contribution in [2.45, 2.75) is 64.3 Å². The highest BCUT2D eigenvalue weighted by molar-refractivity contribution is 5.75. The Morgan fingerprint density at radius 1 is 1.35 bits per heavy atom. The molecule has 1 amide bonds. The fourth-order valence-corrected chi connectivity index (χ4v) is 2.67. The van der Waals surface area contributed by atoms with Gasteiger partial charge in [0.1, 0.15) is 0 Å². The maximum atomic E-state index is 11.0. The number of likely N-dealkylation sites (tertiary alicyclic amines) is 1. The number of rotatable bonds is 6. The van der Waals surface area contributed by atoms with Gasteiger partial charge in [-0.15, -0.1) is 0 Å². The fourth-order valence-electron chi connectivity index (χ4n) is 2.67. The molecule has 4 nitrogen and oxygen atoms in total. The molecule has 0 aromatic carbocycles. The van der Waals surface area contributed by atoms with Gasteiger partial charge in [-0.25, -0.2) is 5.84 Å². The molecule has 4 heteroatoms. The summed E-state index contributed by atoms with van der Waals surface area (Å²) in [5.74, 6) is 5.00. The summed E-state index contributed by atoms with van der Waals surface area (Å²) in [6.07, 6.45) is 9.29. The van der Waals surface area contributed by atoms with Crippen molar-refractivity contribution in [1.29, 1.82) is 0 Å². The first-order valence-corrected chi connectivity index (χ1v) is 7.01. The second-order valence-corrected chi connectivity index (χ2v) is 4.97. The molecule has 1 fully saturated rings. The number of hydrogen-bond acceptors (Lipinski definition) is 3. The van der Waals surface area contributed by atoms with Gasteiger partial charge in [-0.1, -0.05) is 19.8 Å². The zero-order valence-corrected chi connectivity index (χ0v) is 11.1. The molecule has 1 unspecified atom stereocenters. The lowest BCUT2D eigenvalue weighted by atomic mass is 10.1. The summed E-state index contributed by atoms with van der Waals surface area (Å²) in [7, 11) is 0. The van der Waals surface area contributed by atoms with Crippen LogP contribution in [0, 0.1) is 0 Å². The minimum atomic E-state index is -0.0482. The third kappa shape index (κ3) is 5.50. The molecular weight excluding hydrogens is 214 g/mol. The van der Waals surface area contributed by atoms with Crippen LogP contribution in [0.2, 0.25) is 0 Å². The molecule has 1 aliphatic rings. The standard InChI is InChI=1S/C13H27N3O/c1-2-12-8-4-3-6-10-16(12)11-7-5-9-13(17)15-14/h12H,2-11,14H2,1H3,(H,15,17). The van der Waals surface area contributed by atoms with E-state index in [2.05, 4.69) is 17.2 Å². The summed E-state index contributed by atoms with van der Waals surface area (Å²) in [6.45, 7) is 4.66. The summed E-state index contributed by atoms with van der Waals surface area (Å²) in [5, 5.41) is 0. The van der Waals surface area contributed by atoms with Crippen molar-refractivity contribution in [1.82, 2.24) is 10.3 Å². The normalized spacial score (nSPS) is 22.1. The lowest BCUT2D eigenvalue weighted by Crippen LogP contribution is -2.35. The van der Waals surface area contributed by atoms with Crippen molar-refractivity contribution in [2.75, 3.05) is 13.1 Å². The van der Waals surface area contributed by atoms with Crippen molar-refractivity contribution >= 4 is 5.91 Å². The quantitative estimate of drug-likeness (QED) is 0.323. The lowest BCUT2D eigenvalue weighted by molar-refractivity contribution is -0.121. The fraction of sp³-hybridized carbons (Fsp3) is 0.923. The molecule has 0 aromatic heterocycles. The molecule has 1 atom stereocenters. The minimum Gasteiger partial charge on any atom is -0.300 e. The second kappa shape index (κ2) is 8.48. The third-order valence-electron chi connectivity index (χ3n) is 3.73. The number of nitrogens with two attached hydrogens (primary N) is 1. The number of hydrogen-bond donors (Lipinski definition) is 2. The molecule has 0 aliphatic carbocycles. The van der Waals surface area contributed by atoms with Gasteiger partial charge < -0.3 is 4.90 Å². The Bertz CT molecular complexity index is 221. The van der Waals surface area contributed by atoms with Crippen LogP contribution < -0.4 is 11.3 Å². The topological polar surface area (TPSA) is 58.4 Å². The van der Waals surface area contributed by atoms with E-state index in [9.17, 15) is 4.79 Å². The molecule has 1 heterocycles. The molecule has 1 saturated heterocycles. The van der Waals surface area contributed by atoms with E-state index in [4.69, 9.17) is 5.84 Å². The molecule has 0 spiro atoms. The van der Waals surface area contributed by atoms with Crippen LogP contribution in [-0.4, -0.2) is 29.9 Å². The number of carbonyl (C=O) groups is 1. The maximum absolute atomic E-state index is 11.0. The number of hydrazine groups is 1. The molecule has 100 valence electrons. The summed E-state index contributed by atoms with van der Waals surface area (Å²) in [5.41, 5.74) is 2.18. The van der Waals surface area contributed by atoms with E-state index in [1.807, 2.05) is 0 Å². The summed E-state index contributed by atoms with van der Waals surface area (Å²) >= 11 is 0. The van der Waals surface area contributed by atoms with Gasteiger partial charge in [0.25, 0.3) is 0 Å². The molecule has 0 aromatic rings. The van der Waals surface area contributed by atoms with E-state index >= 15 is 0 Å². The van der Waals surface area contributed by atoms with Crippen molar-refractivity contribution in [3.8, 4) is 0 Å². The maximum Gasteiger partial charge on any atom is 0.233 e. The van der Waals surface area contributed by atoms with Crippen molar-refractivity contribution in [3.05, 3.63) is 0 Å². The van der Waals surface area contributed by atoms with Gasteiger partial charge in [-0.2, -0.15) is 0 Å². The number of unbranched alkanes of at least 4 members (excludes halogenated alkanes) is 1. The number of amides is 1.